The van der Waals surface area contributed by atoms with E-state index < -0.39 is 0 Å². The summed E-state index contributed by atoms with van der Waals surface area (Å²) in [6.07, 6.45) is 1.87. The highest BCUT2D eigenvalue weighted by Crippen LogP contribution is 2.27. The van der Waals surface area contributed by atoms with Gasteiger partial charge in [0.25, 0.3) is 0 Å². The van der Waals surface area contributed by atoms with Gasteiger partial charge in [0.15, 0.2) is 0 Å². The van der Waals surface area contributed by atoms with Gasteiger partial charge in [-0.15, -0.1) is 11.8 Å². The quantitative estimate of drug-likeness (QED) is 0.727. The summed E-state index contributed by atoms with van der Waals surface area (Å²) in [6.45, 7) is 7.12. The molecule has 4 heteroatoms. The Kier molecular flexibility index (Phi) is 4.32. The molecule has 1 unspecified atom stereocenters. The van der Waals surface area contributed by atoms with Gasteiger partial charge in [-0.2, -0.15) is 0 Å². The molecule has 0 amide bonds. The predicted octanol–water partition coefficient (Wildman–Crippen LogP) is 2.08. The summed E-state index contributed by atoms with van der Waals surface area (Å²) < 4.78 is 0. The van der Waals surface area contributed by atoms with Crippen LogP contribution in [0.4, 0.5) is 0 Å². The highest BCUT2D eigenvalue weighted by Gasteiger charge is 2.18. The first-order chi connectivity index (χ1) is 6.36. The van der Waals surface area contributed by atoms with Crippen molar-refractivity contribution in [2.24, 2.45) is 0 Å². The minimum atomic E-state index is 0.392. The van der Waals surface area contributed by atoms with E-state index in [1.165, 1.54) is 5.75 Å². The Morgan fingerprint density at radius 2 is 2.31 bits per heavy atom. The van der Waals surface area contributed by atoms with Crippen molar-refractivity contribution in [3.8, 4) is 0 Å². The van der Waals surface area contributed by atoms with Crippen LogP contribution in [-0.2, 0) is 0 Å². The first-order valence-electron chi connectivity index (χ1n) is 4.73. The van der Waals surface area contributed by atoms with Gasteiger partial charge in [0.1, 0.15) is 11.2 Å². The third-order valence-electron chi connectivity index (χ3n) is 1.69. The van der Waals surface area contributed by atoms with Gasteiger partial charge in [0.2, 0.25) is 0 Å². The molecular weight excluding hydrogens is 182 g/mol. The fourth-order valence-electron chi connectivity index (χ4n) is 1.17. The summed E-state index contributed by atoms with van der Waals surface area (Å²) in [5.74, 6) is 2.25. The number of H-pyrrole nitrogens is 1. The monoisotopic (exact) mass is 199 g/mol. The summed E-state index contributed by atoms with van der Waals surface area (Å²) in [7, 11) is 0. The number of aromatic amines is 1. The second-order valence-corrected chi connectivity index (χ2v) is 3.87. The maximum Gasteiger partial charge on any atom is 0.133 e. The Bertz CT molecular complexity index is 241. The zero-order chi connectivity index (χ0) is 9.68. The lowest BCUT2D eigenvalue weighted by Gasteiger charge is -2.03. The number of thioether (sulfide) groups is 1. The van der Waals surface area contributed by atoms with Crippen LogP contribution < -0.4 is 5.32 Å². The maximum absolute atomic E-state index is 4.26. The molecule has 2 N–H and O–H groups in total. The van der Waals surface area contributed by atoms with Crippen molar-refractivity contribution in [1.29, 1.82) is 0 Å². The fourth-order valence-corrected chi connectivity index (χ4v) is 2.15. The zero-order valence-corrected chi connectivity index (χ0v) is 9.24. The summed E-state index contributed by atoms with van der Waals surface area (Å²) in [5.41, 5.74) is 1.13. The molecule has 3 nitrogen and oxygen atoms in total. The van der Waals surface area contributed by atoms with Gasteiger partial charge < -0.3 is 4.98 Å². The van der Waals surface area contributed by atoms with Crippen molar-refractivity contribution in [3.63, 3.8) is 0 Å². The van der Waals surface area contributed by atoms with E-state index in [1.807, 2.05) is 38.7 Å². The van der Waals surface area contributed by atoms with Crippen molar-refractivity contribution >= 4 is 11.8 Å². The molecule has 1 saturated heterocycles. The molecule has 0 radical (unpaired) electrons. The third-order valence-corrected chi connectivity index (χ3v) is 2.85. The Morgan fingerprint density at radius 1 is 1.54 bits per heavy atom. The molecule has 1 aromatic rings. The van der Waals surface area contributed by atoms with E-state index in [-0.39, 0.29) is 0 Å². The average Bonchev–Trinajstić information content (AvgIpc) is 2.77. The molecule has 13 heavy (non-hydrogen) atoms. The maximum atomic E-state index is 4.26. The molecule has 0 aromatic carbocycles. The van der Waals surface area contributed by atoms with E-state index >= 15 is 0 Å². The molecule has 74 valence electrons. The smallest absolute Gasteiger partial charge is 0.133 e. The summed E-state index contributed by atoms with van der Waals surface area (Å²) in [5, 5.41) is 3.75. The molecule has 1 aromatic heterocycles. The van der Waals surface area contributed by atoms with Crippen LogP contribution in [0.3, 0.4) is 0 Å². The van der Waals surface area contributed by atoms with Gasteiger partial charge in [-0.25, -0.2) is 4.98 Å². The van der Waals surface area contributed by atoms with E-state index in [4.69, 9.17) is 0 Å². The van der Waals surface area contributed by atoms with Gasteiger partial charge in [0.05, 0.1) is 0 Å². The lowest BCUT2D eigenvalue weighted by molar-refractivity contribution is 0.717. The third kappa shape index (κ3) is 2.74. The van der Waals surface area contributed by atoms with Crippen LogP contribution in [0.5, 0.6) is 0 Å². The van der Waals surface area contributed by atoms with E-state index in [1.54, 1.807) is 0 Å². The summed E-state index contributed by atoms with van der Waals surface area (Å²) in [6, 6.07) is 0. The molecular formula is C9H17N3S. The van der Waals surface area contributed by atoms with Crippen LogP contribution in [0.25, 0.3) is 0 Å². The van der Waals surface area contributed by atoms with Gasteiger partial charge in [-0.3, -0.25) is 5.32 Å². The number of nitrogens with one attached hydrogen (secondary N) is 2. The second-order valence-electron chi connectivity index (χ2n) is 2.66. The van der Waals surface area contributed by atoms with Crippen LogP contribution in [0.1, 0.15) is 30.7 Å². The van der Waals surface area contributed by atoms with Gasteiger partial charge >= 0.3 is 0 Å². The normalized spacial score (nSPS) is 21.0. The molecule has 0 saturated carbocycles. The molecule has 0 bridgehead atoms. The number of aromatic nitrogens is 2. The number of imidazole rings is 1. The summed E-state index contributed by atoms with van der Waals surface area (Å²) >= 11 is 1.90. The van der Waals surface area contributed by atoms with Gasteiger partial charge in [-0.1, -0.05) is 13.8 Å². The Balaban J connectivity index is 0.000000396. The second kappa shape index (κ2) is 5.29. The minimum Gasteiger partial charge on any atom is -0.344 e. The molecule has 0 aliphatic carbocycles. The Hall–Kier alpha value is -0.480. The summed E-state index contributed by atoms with van der Waals surface area (Å²) in [4.78, 5) is 7.48. The van der Waals surface area contributed by atoms with E-state index in [9.17, 15) is 0 Å². The SMILES string of the molecule is CC.Cc1cnc(C2NCCS2)[nH]1. The minimum absolute atomic E-state index is 0.392. The highest BCUT2D eigenvalue weighted by molar-refractivity contribution is 7.99. The lowest BCUT2D eigenvalue weighted by atomic mass is 10.5. The van der Waals surface area contributed by atoms with Crippen LogP contribution in [0.2, 0.25) is 0 Å². The van der Waals surface area contributed by atoms with E-state index in [0.717, 1.165) is 18.1 Å². The van der Waals surface area contributed by atoms with Crippen LogP contribution in [0, 0.1) is 6.92 Å². The molecule has 0 spiro atoms. The molecule has 1 atom stereocenters. The van der Waals surface area contributed by atoms with E-state index in [2.05, 4.69) is 15.3 Å². The predicted molar refractivity (Wildman–Crippen MR) is 57.9 cm³/mol. The number of aryl methyl sites for hydroxylation is 1. The van der Waals surface area contributed by atoms with E-state index in [0.29, 0.717) is 5.37 Å². The first-order valence-corrected chi connectivity index (χ1v) is 5.77. The Labute approximate surface area is 83.7 Å². The van der Waals surface area contributed by atoms with Crippen molar-refractivity contribution in [2.75, 3.05) is 12.3 Å². The van der Waals surface area contributed by atoms with Crippen LogP contribution >= 0.6 is 11.8 Å². The molecule has 1 fully saturated rings. The fraction of sp³-hybridized carbons (Fsp3) is 0.667. The topological polar surface area (TPSA) is 40.7 Å². The van der Waals surface area contributed by atoms with Crippen LogP contribution in [0.15, 0.2) is 6.20 Å². The molecule has 1 aliphatic heterocycles. The molecule has 2 heterocycles. The molecule has 2 rings (SSSR count). The van der Waals surface area contributed by atoms with Crippen molar-refractivity contribution in [1.82, 2.24) is 15.3 Å². The van der Waals surface area contributed by atoms with Crippen LogP contribution in [-0.4, -0.2) is 22.3 Å². The highest BCUT2D eigenvalue weighted by atomic mass is 32.2. The number of rotatable bonds is 1. The standard InChI is InChI=1S/C7H11N3S.C2H6/c1-5-4-9-6(10-5)7-8-2-3-11-7;1-2/h4,7-8H,2-3H2,1H3,(H,9,10);1-2H3. The lowest BCUT2D eigenvalue weighted by Crippen LogP contribution is -2.13. The van der Waals surface area contributed by atoms with Crippen molar-refractivity contribution in [2.45, 2.75) is 26.1 Å². The number of nitrogens with zero attached hydrogens (tertiary/aromatic N) is 1. The number of hydrogen-bond acceptors (Lipinski definition) is 3. The number of hydrogen-bond donors (Lipinski definition) is 2. The first kappa shape index (κ1) is 10.6. The van der Waals surface area contributed by atoms with Gasteiger partial charge in [-0.05, 0) is 6.92 Å². The largest absolute Gasteiger partial charge is 0.344 e. The molecule has 1 aliphatic rings. The van der Waals surface area contributed by atoms with Gasteiger partial charge in [0, 0.05) is 24.2 Å². The van der Waals surface area contributed by atoms with Crippen molar-refractivity contribution < 1.29 is 0 Å². The zero-order valence-electron chi connectivity index (χ0n) is 8.42. The Morgan fingerprint density at radius 3 is 2.77 bits per heavy atom. The average molecular weight is 199 g/mol. The van der Waals surface area contributed by atoms with Crippen molar-refractivity contribution in [3.05, 3.63) is 17.7 Å².